The van der Waals surface area contributed by atoms with Gasteiger partial charge in [0.05, 0.1) is 0 Å². The van der Waals surface area contributed by atoms with Crippen molar-refractivity contribution in [3.8, 4) is 0 Å². The SMILES string of the molecule is O[SiH2]C1=CCC1. The molecule has 0 aromatic rings. The summed E-state index contributed by atoms with van der Waals surface area (Å²) >= 11 is 0. The molecule has 0 spiro atoms. The molecule has 0 fully saturated rings. The molecule has 0 bridgehead atoms. The average Bonchev–Trinajstić information content (AvgIpc) is 1.31. The zero-order chi connectivity index (χ0) is 4.41. The third-order valence-electron chi connectivity index (χ3n) is 1.10. The number of allylic oxidation sites excluding steroid dienone is 2. The largest absolute Gasteiger partial charge is 0.434 e. The molecule has 1 aliphatic rings. The molecule has 0 radical (unpaired) electrons. The number of hydrogen-bond acceptors (Lipinski definition) is 1. The summed E-state index contributed by atoms with van der Waals surface area (Å²) in [6.45, 7) is 0. The Morgan fingerprint density at radius 2 is 2.50 bits per heavy atom. The van der Waals surface area contributed by atoms with Crippen molar-refractivity contribution in [1.29, 1.82) is 0 Å². The molecule has 0 unspecified atom stereocenters. The van der Waals surface area contributed by atoms with E-state index in [-0.39, 0.29) is 0 Å². The van der Waals surface area contributed by atoms with Crippen molar-refractivity contribution in [2.75, 3.05) is 0 Å². The quantitative estimate of drug-likeness (QED) is 0.450. The van der Waals surface area contributed by atoms with E-state index < -0.39 is 9.76 Å². The molecule has 1 aliphatic carbocycles. The second kappa shape index (κ2) is 1.58. The molecule has 1 nitrogen and oxygen atoms in total. The standard InChI is InChI=1S/C4H8OSi/c5-6-4-2-1-3-4/h2,5H,1,3,6H2. The van der Waals surface area contributed by atoms with Gasteiger partial charge in [-0.3, -0.25) is 0 Å². The van der Waals surface area contributed by atoms with Crippen molar-refractivity contribution in [3.05, 3.63) is 11.3 Å². The van der Waals surface area contributed by atoms with Gasteiger partial charge in [0.25, 0.3) is 0 Å². The maximum absolute atomic E-state index is 8.46. The predicted molar refractivity (Wildman–Crippen MR) is 28.1 cm³/mol. The zero-order valence-corrected chi connectivity index (χ0v) is 5.06. The van der Waals surface area contributed by atoms with Crippen LogP contribution in [0.4, 0.5) is 0 Å². The second-order valence-electron chi connectivity index (χ2n) is 1.56. The first kappa shape index (κ1) is 4.09. The highest BCUT2D eigenvalue weighted by atomic mass is 28.2. The molecule has 2 heteroatoms. The lowest BCUT2D eigenvalue weighted by Gasteiger charge is -2.08. The van der Waals surface area contributed by atoms with Crippen LogP contribution in [0.2, 0.25) is 0 Å². The van der Waals surface area contributed by atoms with Gasteiger partial charge in [-0.25, -0.2) is 0 Å². The fraction of sp³-hybridized carbons (Fsp3) is 0.500. The van der Waals surface area contributed by atoms with Crippen molar-refractivity contribution < 1.29 is 4.80 Å². The Labute approximate surface area is 39.6 Å². The smallest absolute Gasteiger partial charge is 0.183 e. The minimum absolute atomic E-state index is 0.714. The first-order chi connectivity index (χ1) is 2.93. The third-order valence-corrected chi connectivity index (χ3v) is 2.15. The number of hydrogen-bond donors (Lipinski definition) is 1. The Kier molecular flexibility index (Phi) is 1.07. The van der Waals surface area contributed by atoms with Crippen LogP contribution in [0.25, 0.3) is 0 Å². The highest BCUT2D eigenvalue weighted by Crippen LogP contribution is 2.14. The fourth-order valence-corrected chi connectivity index (χ4v) is 1.19. The van der Waals surface area contributed by atoms with Gasteiger partial charge in [0.1, 0.15) is 0 Å². The molecule has 0 atom stereocenters. The normalized spacial score (nSPS) is 21.2. The van der Waals surface area contributed by atoms with Gasteiger partial charge >= 0.3 is 0 Å². The molecular weight excluding hydrogens is 92.1 g/mol. The Bertz CT molecular complexity index is 77.6. The lowest BCUT2D eigenvalue weighted by molar-refractivity contribution is 0.604. The average molecular weight is 100 g/mol. The van der Waals surface area contributed by atoms with Crippen molar-refractivity contribution in [2.45, 2.75) is 12.8 Å². The second-order valence-corrected chi connectivity index (χ2v) is 2.78. The maximum Gasteiger partial charge on any atom is 0.183 e. The Balaban J connectivity index is 2.32. The van der Waals surface area contributed by atoms with E-state index in [9.17, 15) is 0 Å². The summed E-state index contributed by atoms with van der Waals surface area (Å²) in [6.07, 6.45) is 4.53. The minimum atomic E-state index is -0.714. The van der Waals surface area contributed by atoms with E-state index >= 15 is 0 Å². The van der Waals surface area contributed by atoms with Gasteiger partial charge < -0.3 is 4.80 Å². The highest BCUT2D eigenvalue weighted by molar-refractivity contribution is 6.36. The Morgan fingerprint density at radius 3 is 2.50 bits per heavy atom. The van der Waals surface area contributed by atoms with Crippen LogP contribution in [0.15, 0.2) is 11.3 Å². The fourth-order valence-electron chi connectivity index (χ4n) is 0.492. The molecular formula is C4H8OSi. The number of rotatable bonds is 1. The third kappa shape index (κ3) is 0.532. The van der Waals surface area contributed by atoms with Gasteiger partial charge in [-0.2, -0.15) is 0 Å². The predicted octanol–water partition coefficient (Wildman–Crippen LogP) is -0.260. The highest BCUT2D eigenvalue weighted by Gasteiger charge is 2.01. The topological polar surface area (TPSA) is 20.2 Å². The van der Waals surface area contributed by atoms with Crippen LogP contribution in [0.1, 0.15) is 12.8 Å². The van der Waals surface area contributed by atoms with E-state index in [1.807, 2.05) is 0 Å². The first-order valence-electron chi connectivity index (χ1n) is 2.22. The Morgan fingerprint density at radius 1 is 1.83 bits per heavy atom. The molecule has 0 aromatic carbocycles. The maximum atomic E-state index is 8.46. The minimum Gasteiger partial charge on any atom is -0.434 e. The summed E-state index contributed by atoms with van der Waals surface area (Å²) < 4.78 is 0. The van der Waals surface area contributed by atoms with Crippen LogP contribution >= 0.6 is 0 Å². The summed E-state index contributed by atoms with van der Waals surface area (Å²) in [7, 11) is -0.714. The van der Waals surface area contributed by atoms with Gasteiger partial charge in [0.15, 0.2) is 9.76 Å². The summed E-state index contributed by atoms with van der Waals surface area (Å²) in [5.74, 6) is 0. The van der Waals surface area contributed by atoms with E-state index in [0.29, 0.717) is 0 Å². The Hall–Kier alpha value is -0.0831. The van der Waals surface area contributed by atoms with Gasteiger partial charge in [-0.1, -0.05) is 11.3 Å². The summed E-state index contributed by atoms with van der Waals surface area (Å²) in [5.41, 5.74) is 0. The van der Waals surface area contributed by atoms with Crippen LogP contribution in [0, 0.1) is 0 Å². The van der Waals surface area contributed by atoms with Crippen LogP contribution in [0.5, 0.6) is 0 Å². The van der Waals surface area contributed by atoms with Crippen LogP contribution in [-0.4, -0.2) is 14.6 Å². The molecule has 0 aliphatic heterocycles. The molecule has 0 heterocycles. The first-order valence-corrected chi connectivity index (χ1v) is 3.56. The summed E-state index contributed by atoms with van der Waals surface area (Å²) in [4.78, 5) is 8.46. The molecule has 0 aromatic heterocycles. The van der Waals surface area contributed by atoms with Gasteiger partial charge in [-0.15, -0.1) is 0 Å². The molecule has 1 N–H and O–H groups in total. The van der Waals surface area contributed by atoms with Crippen molar-refractivity contribution >= 4 is 9.76 Å². The molecule has 6 heavy (non-hydrogen) atoms. The van der Waals surface area contributed by atoms with Crippen molar-refractivity contribution in [3.63, 3.8) is 0 Å². The lowest BCUT2D eigenvalue weighted by Crippen LogP contribution is -2.01. The molecule has 0 amide bonds. The van der Waals surface area contributed by atoms with Gasteiger partial charge in [-0.05, 0) is 12.8 Å². The van der Waals surface area contributed by atoms with E-state index in [2.05, 4.69) is 6.08 Å². The molecule has 34 valence electrons. The zero-order valence-electron chi connectivity index (χ0n) is 3.65. The van der Waals surface area contributed by atoms with Crippen LogP contribution in [0.3, 0.4) is 0 Å². The molecule has 0 saturated heterocycles. The monoisotopic (exact) mass is 100 g/mol. The van der Waals surface area contributed by atoms with E-state index in [1.165, 1.54) is 18.0 Å². The van der Waals surface area contributed by atoms with Gasteiger partial charge in [0.2, 0.25) is 0 Å². The molecule has 0 saturated carbocycles. The lowest BCUT2D eigenvalue weighted by atomic mass is 10.1. The molecule has 1 rings (SSSR count). The summed E-state index contributed by atoms with van der Waals surface area (Å²) in [5, 5.41) is 1.34. The van der Waals surface area contributed by atoms with Crippen molar-refractivity contribution in [1.82, 2.24) is 0 Å². The van der Waals surface area contributed by atoms with Crippen molar-refractivity contribution in [2.24, 2.45) is 0 Å². The van der Waals surface area contributed by atoms with Gasteiger partial charge in [0, 0.05) is 0 Å². The van der Waals surface area contributed by atoms with Crippen LogP contribution < -0.4 is 0 Å². The van der Waals surface area contributed by atoms with E-state index in [1.54, 1.807) is 0 Å². The summed E-state index contributed by atoms with van der Waals surface area (Å²) in [6, 6.07) is 0. The van der Waals surface area contributed by atoms with E-state index in [4.69, 9.17) is 4.80 Å². The van der Waals surface area contributed by atoms with Crippen LogP contribution in [-0.2, 0) is 0 Å². The van der Waals surface area contributed by atoms with E-state index in [0.717, 1.165) is 0 Å².